The van der Waals surface area contributed by atoms with Gasteiger partial charge in [0.25, 0.3) is 0 Å². The van der Waals surface area contributed by atoms with Crippen molar-refractivity contribution in [3.63, 3.8) is 0 Å². The van der Waals surface area contributed by atoms with Crippen molar-refractivity contribution in [2.24, 2.45) is 4.99 Å². The molecule has 118 valence electrons. The van der Waals surface area contributed by atoms with Gasteiger partial charge in [-0.15, -0.1) is 0 Å². The standard InChI is InChI=1S/C17H29N3O/c1-5-11-19-17(18-6-2)20-12-15-7-9-16(10-8-15)13-21-14(3)4/h7-10,14H,5-6,11-13H2,1-4H3,(H2,18,19,20). The summed E-state index contributed by atoms with van der Waals surface area (Å²) in [4.78, 5) is 4.59. The molecule has 21 heavy (non-hydrogen) atoms. The van der Waals surface area contributed by atoms with Gasteiger partial charge in [0.15, 0.2) is 5.96 Å². The minimum absolute atomic E-state index is 0.265. The first-order chi connectivity index (χ1) is 10.2. The maximum atomic E-state index is 5.59. The summed E-state index contributed by atoms with van der Waals surface area (Å²) in [5.74, 6) is 0.881. The van der Waals surface area contributed by atoms with Crippen LogP contribution in [0.3, 0.4) is 0 Å². The molecule has 1 rings (SSSR count). The summed E-state index contributed by atoms with van der Waals surface area (Å²) in [7, 11) is 0. The Balaban J connectivity index is 2.52. The van der Waals surface area contributed by atoms with E-state index >= 15 is 0 Å². The lowest BCUT2D eigenvalue weighted by molar-refractivity contribution is 0.0657. The van der Waals surface area contributed by atoms with E-state index in [0.29, 0.717) is 13.2 Å². The number of nitrogens with one attached hydrogen (secondary N) is 2. The van der Waals surface area contributed by atoms with Gasteiger partial charge in [0.2, 0.25) is 0 Å². The third kappa shape index (κ3) is 7.71. The van der Waals surface area contributed by atoms with Crippen LogP contribution in [0.5, 0.6) is 0 Å². The number of nitrogens with zero attached hydrogens (tertiary/aromatic N) is 1. The molecule has 0 aliphatic carbocycles. The molecule has 0 spiro atoms. The van der Waals surface area contributed by atoms with Crippen molar-refractivity contribution in [3.8, 4) is 0 Å². The molecule has 0 heterocycles. The number of aliphatic imine (C=N–C) groups is 1. The van der Waals surface area contributed by atoms with Crippen molar-refractivity contribution >= 4 is 5.96 Å². The van der Waals surface area contributed by atoms with Gasteiger partial charge in [-0.1, -0.05) is 31.2 Å². The highest BCUT2D eigenvalue weighted by molar-refractivity contribution is 5.79. The van der Waals surface area contributed by atoms with Crippen LogP contribution in [-0.4, -0.2) is 25.2 Å². The van der Waals surface area contributed by atoms with Crippen molar-refractivity contribution in [2.45, 2.75) is 53.4 Å². The summed E-state index contributed by atoms with van der Waals surface area (Å²) in [5.41, 5.74) is 2.41. The van der Waals surface area contributed by atoms with E-state index in [-0.39, 0.29) is 6.10 Å². The van der Waals surface area contributed by atoms with Crippen LogP contribution < -0.4 is 10.6 Å². The number of rotatable bonds is 8. The molecule has 0 amide bonds. The minimum Gasteiger partial charge on any atom is -0.374 e. The lowest BCUT2D eigenvalue weighted by atomic mass is 10.1. The molecule has 0 radical (unpaired) electrons. The van der Waals surface area contributed by atoms with Crippen molar-refractivity contribution in [1.82, 2.24) is 10.6 Å². The highest BCUT2D eigenvalue weighted by Gasteiger charge is 1.99. The van der Waals surface area contributed by atoms with Crippen molar-refractivity contribution in [1.29, 1.82) is 0 Å². The molecule has 4 heteroatoms. The van der Waals surface area contributed by atoms with Crippen LogP contribution >= 0.6 is 0 Å². The van der Waals surface area contributed by atoms with Gasteiger partial charge < -0.3 is 15.4 Å². The molecular weight excluding hydrogens is 262 g/mol. The van der Waals surface area contributed by atoms with Gasteiger partial charge in [-0.25, -0.2) is 4.99 Å². The smallest absolute Gasteiger partial charge is 0.191 e. The van der Waals surface area contributed by atoms with Crippen molar-refractivity contribution in [3.05, 3.63) is 35.4 Å². The quantitative estimate of drug-likeness (QED) is 0.571. The number of hydrogen-bond donors (Lipinski definition) is 2. The summed E-state index contributed by atoms with van der Waals surface area (Å²) in [6, 6.07) is 8.46. The van der Waals surface area contributed by atoms with Gasteiger partial charge in [0, 0.05) is 13.1 Å². The van der Waals surface area contributed by atoms with Crippen LogP contribution in [0.4, 0.5) is 0 Å². The predicted molar refractivity (Wildman–Crippen MR) is 89.5 cm³/mol. The molecule has 0 saturated carbocycles. The Hall–Kier alpha value is -1.55. The number of hydrogen-bond acceptors (Lipinski definition) is 2. The summed E-state index contributed by atoms with van der Waals surface area (Å²) in [6.45, 7) is 11.5. The highest BCUT2D eigenvalue weighted by Crippen LogP contribution is 2.08. The summed E-state index contributed by atoms with van der Waals surface area (Å²) in [5, 5.41) is 6.55. The highest BCUT2D eigenvalue weighted by atomic mass is 16.5. The topological polar surface area (TPSA) is 45.7 Å². The molecule has 2 N–H and O–H groups in total. The molecule has 0 unspecified atom stereocenters. The lowest BCUT2D eigenvalue weighted by Crippen LogP contribution is -2.37. The zero-order valence-electron chi connectivity index (χ0n) is 13.8. The second-order valence-corrected chi connectivity index (χ2v) is 5.30. The van der Waals surface area contributed by atoms with E-state index in [0.717, 1.165) is 25.5 Å². The fourth-order valence-corrected chi connectivity index (χ4v) is 1.76. The van der Waals surface area contributed by atoms with Gasteiger partial charge in [0.1, 0.15) is 0 Å². The van der Waals surface area contributed by atoms with Crippen molar-refractivity contribution < 1.29 is 4.74 Å². The molecule has 4 nitrogen and oxygen atoms in total. The van der Waals surface area contributed by atoms with Gasteiger partial charge in [-0.05, 0) is 38.3 Å². The first kappa shape index (κ1) is 17.5. The van der Waals surface area contributed by atoms with E-state index in [4.69, 9.17) is 4.74 Å². The lowest BCUT2D eigenvalue weighted by Gasteiger charge is -2.10. The van der Waals surface area contributed by atoms with Gasteiger partial charge in [-0.2, -0.15) is 0 Å². The zero-order valence-corrected chi connectivity index (χ0v) is 13.8. The van der Waals surface area contributed by atoms with E-state index in [1.807, 2.05) is 0 Å². The van der Waals surface area contributed by atoms with Crippen LogP contribution in [0, 0.1) is 0 Å². The number of benzene rings is 1. The molecule has 0 aromatic heterocycles. The Bertz CT molecular complexity index is 413. The van der Waals surface area contributed by atoms with E-state index in [1.165, 1.54) is 11.1 Å². The maximum Gasteiger partial charge on any atom is 0.191 e. The Morgan fingerprint density at radius 3 is 2.33 bits per heavy atom. The third-order valence-electron chi connectivity index (χ3n) is 2.91. The maximum absolute atomic E-state index is 5.59. The first-order valence-corrected chi connectivity index (χ1v) is 7.87. The Labute approximate surface area is 129 Å². The molecule has 0 aliphatic rings. The van der Waals surface area contributed by atoms with E-state index < -0.39 is 0 Å². The molecule has 0 aliphatic heterocycles. The second-order valence-electron chi connectivity index (χ2n) is 5.30. The monoisotopic (exact) mass is 291 g/mol. The van der Waals surface area contributed by atoms with E-state index in [9.17, 15) is 0 Å². The first-order valence-electron chi connectivity index (χ1n) is 7.87. The largest absolute Gasteiger partial charge is 0.374 e. The predicted octanol–water partition coefficient (Wildman–Crippen LogP) is 3.08. The Morgan fingerprint density at radius 2 is 1.76 bits per heavy atom. The van der Waals surface area contributed by atoms with E-state index in [2.05, 4.69) is 67.6 Å². The molecule has 0 bridgehead atoms. The fourth-order valence-electron chi connectivity index (χ4n) is 1.76. The van der Waals surface area contributed by atoms with Gasteiger partial charge >= 0.3 is 0 Å². The van der Waals surface area contributed by atoms with Crippen molar-refractivity contribution in [2.75, 3.05) is 13.1 Å². The van der Waals surface area contributed by atoms with Crippen LogP contribution in [0.25, 0.3) is 0 Å². The minimum atomic E-state index is 0.265. The van der Waals surface area contributed by atoms with Crippen LogP contribution in [-0.2, 0) is 17.9 Å². The molecular formula is C17H29N3O. The fraction of sp³-hybridized carbons (Fsp3) is 0.588. The molecule has 1 aromatic rings. The van der Waals surface area contributed by atoms with Gasteiger partial charge in [0.05, 0.1) is 19.3 Å². The van der Waals surface area contributed by atoms with Crippen LogP contribution in [0.15, 0.2) is 29.3 Å². The molecule has 0 atom stereocenters. The molecule has 0 saturated heterocycles. The van der Waals surface area contributed by atoms with Gasteiger partial charge in [-0.3, -0.25) is 0 Å². The summed E-state index contributed by atoms with van der Waals surface area (Å²) in [6.07, 6.45) is 1.36. The van der Waals surface area contributed by atoms with Crippen LogP contribution in [0.2, 0.25) is 0 Å². The third-order valence-corrected chi connectivity index (χ3v) is 2.91. The molecule has 0 fully saturated rings. The Morgan fingerprint density at radius 1 is 1.10 bits per heavy atom. The molecule has 1 aromatic carbocycles. The average molecular weight is 291 g/mol. The van der Waals surface area contributed by atoms with E-state index in [1.54, 1.807) is 0 Å². The Kier molecular flexibility index (Phi) is 8.51. The zero-order chi connectivity index (χ0) is 15.5. The summed E-state index contributed by atoms with van der Waals surface area (Å²) < 4.78 is 5.59. The second kappa shape index (κ2) is 10.2. The normalized spacial score (nSPS) is 11.8. The number of guanidine groups is 1. The SMILES string of the molecule is CCCNC(=NCc1ccc(COC(C)C)cc1)NCC. The average Bonchev–Trinajstić information content (AvgIpc) is 2.49. The van der Waals surface area contributed by atoms with Crippen LogP contribution in [0.1, 0.15) is 45.2 Å². The summed E-state index contributed by atoms with van der Waals surface area (Å²) >= 11 is 0. The number of ether oxygens (including phenoxy) is 1.